The van der Waals surface area contributed by atoms with E-state index in [4.69, 9.17) is 0 Å². The van der Waals surface area contributed by atoms with Crippen molar-refractivity contribution in [2.45, 2.75) is 137 Å². The molecule has 1 aliphatic carbocycles. The van der Waals surface area contributed by atoms with Crippen LogP contribution in [0.25, 0.3) is 0 Å². The normalized spacial score (nSPS) is 18.3. The summed E-state index contributed by atoms with van der Waals surface area (Å²) in [6.45, 7) is 17.0. The molecular formula is C24H53O2P2Ti. The van der Waals surface area contributed by atoms with Gasteiger partial charge in [-0.05, 0) is 42.9 Å². The SMILES string of the molecule is CC(C)[O-].CC(C)[O-].CCCCPC1CCCC(CC)(CC)C1.CCCC[PH][Ti+2]. The molecule has 0 N–H and O–H groups in total. The van der Waals surface area contributed by atoms with E-state index in [2.05, 4.69) is 47.6 Å². The van der Waals surface area contributed by atoms with Crippen molar-refractivity contribution in [1.82, 2.24) is 0 Å². The van der Waals surface area contributed by atoms with Crippen LogP contribution in [0.3, 0.4) is 0 Å². The Bertz CT molecular complexity index is 283. The maximum atomic E-state index is 9.53. The summed E-state index contributed by atoms with van der Waals surface area (Å²) in [6.07, 6.45) is 16.7. The molecule has 1 rings (SSSR count). The molecule has 3 unspecified atom stereocenters. The van der Waals surface area contributed by atoms with Gasteiger partial charge in [-0.2, -0.15) is 0 Å². The summed E-state index contributed by atoms with van der Waals surface area (Å²) in [4.78, 5) is 0. The molecule has 0 spiro atoms. The third kappa shape index (κ3) is 29.5. The molecule has 0 aromatic rings. The van der Waals surface area contributed by atoms with Gasteiger partial charge in [0.25, 0.3) is 0 Å². The predicted molar refractivity (Wildman–Crippen MR) is 132 cm³/mol. The molecule has 1 fully saturated rings. The van der Waals surface area contributed by atoms with Gasteiger partial charge in [0, 0.05) is 0 Å². The van der Waals surface area contributed by atoms with Crippen molar-refractivity contribution in [2.75, 3.05) is 12.3 Å². The van der Waals surface area contributed by atoms with E-state index in [1.54, 1.807) is 34.1 Å². The van der Waals surface area contributed by atoms with E-state index in [1.807, 2.05) is 0 Å². The van der Waals surface area contributed by atoms with Crippen LogP contribution in [0.15, 0.2) is 0 Å². The van der Waals surface area contributed by atoms with Gasteiger partial charge in [0.15, 0.2) is 0 Å². The number of rotatable bonds is 9. The molecule has 0 bridgehead atoms. The summed E-state index contributed by atoms with van der Waals surface area (Å²) < 4.78 is 0. The molecule has 29 heavy (non-hydrogen) atoms. The van der Waals surface area contributed by atoms with E-state index in [-0.39, 0.29) is 0 Å². The van der Waals surface area contributed by atoms with Crippen LogP contribution in [-0.2, 0) is 19.9 Å². The van der Waals surface area contributed by atoms with Crippen molar-refractivity contribution < 1.29 is 30.1 Å². The number of unbranched alkanes of at least 4 members (excludes halogenated alkanes) is 2. The Kier molecular flexibility index (Phi) is 31.2. The fraction of sp³-hybridized carbons (Fsp3) is 1.00. The van der Waals surface area contributed by atoms with Crippen LogP contribution >= 0.6 is 15.2 Å². The van der Waals surface area contributed by atoms with E-state index in [0.29, 0.717) is 0 Å². The summed E-state index contributed by atoms with van der Waals surface area (Å²) in [5.74, 6) is 0. The monoisotopic (exact) mass is 483 g/mol. The third-order valence-electron chi connectivity index (χ3n) is 5.06. The van der Waals surface area contributed by atoms with Gasteiger partial charge in [-0.25, -0.2) is 0 Å². The van der Waals surface area contributed by atoms with E-state index < -0.39 is 12.2 Å². The fourth-order valence-electron chi connectivity index (χ4n) is 3.26. The van der Waals surface area contributed by atoms with E-state index in [1.165, 1.54) is 78.7 Å². The first-order chi connectivity index (χ1) is 13.6. The molecule has 0 aromatic carbocycles. The summed E-state index contributed by atoms with van der Waals surface area (Å²) in [7, 11) is 1.26. The van der Waals surface area contributed by atoms with Crippen LogP contribution in [-0.4, -0.2) is 30.2 Å². The van der Waals surface area contributed by atoms with Crippen LogP contribution in [0.2, 0.25) is 0 Å². The Morgan fingerprint density at radius 2 is 1.34 bits per heavy atom. The van der Waals surface area contributed by atoms with Crippen molar-refractivity contribution in [3.63, 3.8) is 0 Å². The molecular weight excluding hydrogens is 430 g/mol. The molecule has 0 saturated heterocycles. The Hall–Kier alpha value is 1.49. The van der Waals surface area contributed by atoms with Crippen molar-refractivity contribution in [1.29, 1.82) is 0 Å². The molecule has 2 nitrogen and oxygen atoms in total. The summed E-state index contributed by atoms with van der Waals surface area (Å²) in [5, 5.41) is 19.1. The third-order valence-corrected chi connectivity index (χ3v) is 8.54. The molecule has 175 valence electrons. The second-order valence-corrected chi connectivity index (χ2v) is 12.9. The second kappa shape index (κ2) is 25.8. The van der Waals surface area contributed by atoms with Crippen LogP contribution in [0.1, 0.15) is 120 Å². The topological polar surface area (TPSA) is 46.1 Å². The first-order valence-electron chi connectivity index (χ1n) is 12.1. The zero-order chi connectivity index (χ0) is 23.1. The van der Waals surface area contributed by atoms with Gasteiger partial charge in [-0.3, -0.25) is 0 Å². The van der Waals surface area contributed by atoms with E-state index in [0.717, 1.165) is 17.6 Å². The standard InChI is InChI=1S/C14H29P.C4H10P.2C3H7O.Ti/c1-4-7-11-15-13-9-8-10-14(5-2,6-3)12-13;1-2-3-4-5;2*1-3(2)4;/h13,15H,4-12H2,1-3H3;5H,2-4H2,1H3;2*3H,1-2H3;/q;3*-1;+3. The van der Waals surface area contributed by atoms with E-state index in [9.17, 15) is 10.2 Å². The zero-order valence-electron chi connectivity index (χ0n) is 21.0. The first kappa shape index (κ1) is 35.1. The number of hydrogen-bond acceptors (Lipinski definition) is 2. The second-order valence-electron chi connectivity index (χ2n) is 8.69. The molecule has 5 heteroatoms. The minimum absolute atomic E-state index is 0.417. The Labute approximate surface area is 200 Å². The minimum atomic E-state index is -0.417. The predicted octanol–water partition coefficient (Wildman–Crippen LogP) is 6.65. The molecule has 1 saturated carbocycles. The Balaban J connectivity index is -0.000000397. The van der Waals surface area contributed by atoms with Crippen molar-refractivity contribution >= 4 is 15.2 Å². The molecule has 0 aliphatic heterocycles. The van der Waals surface area contributed by atoms with Gasteiger partial charge < -0.3 is 10.2 Å². The van der Waals surface area contributed by atoms with Crippen LogP contribution in [0.4, 0.5) is 0 Å². The van der Waals surface area contributed by atoms with Gasteiger partial charge in [-0.15, -0.1) is 20.8 Å². The first-order valence-corrected chi connectivity index (χ1v) is 16.9. The van der Waals surface area contributed by atoms with Crippen molar-refractivity contribution in [3.05, 3.63) is 0 Å². The van der Waals surface area contributed by atoms with Gasteiger partial charge in [-0.1, -0.05) is 74.1 Å². The molecule has 0 radical (unpaired) electrons. The van der Waals surface area contributed by atoms with Gasteiger partial charge in [0.05, 0.1) is 0 Å². The van der Waals surface area contributed by atoms with Gasteiger partial charge >= 0.3 is 52.4 Å². The molecule has 0 amide bonds. The average Bonchev–Trinajstić information content (AvgIpc) is 2.66. The number of hydrogen-bond donors (Lipinski definition) is 0. The molecule has 0 aromatic heterocycles. The van der Waals surface area contributed by atoms with Gasteiger partial charge in [0.2, 0.25) is 0 Å². The summed E-state index contributed by atoms with van der Waals surface area (Å²) in [6, 6.07) is 0. The van der Waals surface area contributed by atoms with Crippen LogP contribution in [0.5, 0.6) is 0 Å². The summed E-state index contributed by atoms with van der Waals surface area (Å²) >= 11 is 2.26. The Morgan fingerprint density at radius 3 is 1.69 bits per heavy atom. The summed E-state index contributed by atoms with van der Waals surface area (Å²) in [5.41, 5.74) is 1.83. The average molecular weight is 484 g/mol. The quantitative estimate of drug-likeness (QED) is 0.209. The Morgan fingerprint density at radius 1 is 0.897 bits per heavy atom. The zero-order valence-corrected chi connectivity index (χ0v) is 24.6. The molecule has 1 aliphatic rings. The van der Waals surface area contributed by atoms with Crippen molar-refractivity contribution in [3.8, 4) is 0 Å². The van der Waals surface area contributed by atoms with Crippen molar-refractivity contribution in [2.24, 2.45) is 5.41 Å². The molecule has 0 heterocycles. The van der Waals surface area contributed by atoms with Crippen LogP contribution in [0, 0.1) is 5.41 Å². The maximum absolute atomic E-state index is 9.53. The van der Waals surface area contributed by atoms with Gasteiger partial charge in [0.1, 0.15) is 0 Å². The molecule has 3 atom stereocenters. The van der Waals surface area contributed by atoms with E-state index >= 15 is 0 Å². The van der Waals surface area contributed by atoms with Crippen LogP contribution < -0.4 is 10.2 Å². The fourth-order valence-corrected chi connectivity index (χ4v) is 6.57.